The molecule has 4 heteroatoms. The first-order valence-corrected chi connectivity index (χ1v) is 4.22. The molecule has 2 rings (SSSR count). The first-order valence-electron chi connectivity index (χ1n) is 4.22. The third-order valence-electron chi connectivity index (χ3n) is 1.99. The van der Waals surface area contributed by atoms with Crippen molar-refractivity contribution in [1.82, 2.24) is 9.97 Å². The normalized spacial score (nSPS) is 10.1. The van der Waals surface area contributed by atoms with Gasteiger partial charge in [-0.1, -0.05) is 0 Å². The molecule has 2 N–H and O–H groups in total. The SMILES string of the molecule is COC(=O)c1c[nH]c(-c2ccc[nH]2)c1. The number of H-pyrrole nitrogens is 2. The minimum absolute atomic E-state index is 0.334. The van der Waals surface area contributed by atoms with E-state index in [1.54, 1.807) is 12.3 Å². The van der Waals surface area contributed by atoms with Gasteiger partial charge in [0.05, 0.1) is 24.1 Å². The summed E-state index contributed by atoms with van der Waals surface area (Å²) in [4.78, 5) is 17.2. The van der Waals surface area contributed by atoms with Gasteiger partial charge in [0.1, 0.15) is 0 Å². The fraction of sp³-hybridized carbons (Fsp3) is 0.100. The number of aromatic nitrogens is 2. The van der Waals surface area contributed by atoms with E-state index in [1.807, 2.05) is 18.3 Å². The van der Waals surface area contributed by atoms with Crippen LogP contribution in [0.1, 0.15) is 10.4 Å². The fourth-order valence-electron chi connectivity index (χ4n) is 1.28. The van der Waals surface area contributed by atoms with Crippen molar-refractivity contribution in [1.29, 1.82) is 0 Å². The average Bonchev–Trinajstić information content (AvgIpc) is 2.86. The number of aromatic amines is 2. The quantitative estimate of drug-likeness (QED) is 0.709. The van der Waals surface area contributed by atoms with Gasteiger partial charge in [-0.15, -0.1) is 0 Å². The Hall–Kier alpha value is -1.97. The second-order valence-electron chi connectivity index (χ2n) is 2.88. The largest absolute Gasteiger partial charge is 0.465 e. The van der Waals surface area contributed by atoms with Gasteiger partial charge in [-0.25, -0.2) is 4.79 Å². The first kappa shape index (κ1) is 8.62. The molecule has 0 unspecified atom stereocenters. The second kappa shape index (κ2) is 3.41. The molecule has 0 saturated carbocycles. The number of ether oxygens (including phenoxy) is 1. The van der Waals surface area contributed by atoms with Gasteiger partial charge in [0.25, 0.3) is 0 Å². The zero-order valence-electron chi connectivity index (χ0n) is 7.70. The van der Waals surface area contributed by atoms with Crippen molar-refractivity contribution in [3.63, 3.8) is 0 Å². The fourth-order valence-corrected chi connectivity index (χ4v) is 1.28. The molecule has 4 nitrogen and oxygen atoms in total. The Balaban J connectivity index is 2.31. The maximum Gasteiger partial charge on any atom is 0.339 e. The topological polar surface area (TPSA) is 57.9 Å². The van der Waals surface area contributed by atoms with Crippen LogP contribution in [0.2, 0.25) is 0 Å². The summed E-state index contributed by atoms with van der Waals surface area (Å²) < 4.78 is 4.60. The van der Waals surface area contributed by atoms with E-state index in [2.05, 4.69) is 14.7 Å². The van der Waals surface area contributed by atoms with Crippen molar-refractivity contribution < 1.29 is 9.53 Å². The summed E-state index contributed by atoms with van der Waals surface area (Å²) in [6, 6.07) is 5.57. The highest BCUT2D eigenvalue weighted by Gasteiger charge is 2.08. The molecule has 0 fully saturated rings. The Morgan fingerprint density at radius 3 is 2.86 bits per heavy atom. The van der Waals surface area contributed by atoms with Gasteiger partial charge in [0.15, 0.2) is 0 Å². The molecule has 72 valence electrons. The molecule has 0 amide bonds. The van der Waals surface area contributed by atoms with E-state index in [0.29, 0.717) is 5.56 Å². The Bertz CT molecular complexity index is 429. The zero-order valence-corrected chi connectivity index (χ0v) is 7.70. The Kier molecular flexibility index (Phi) is 2.10. The number of hydrogen-bond acceptors (Lipinski definition) is 2. The van der Waals surface area contributed by atoms with E-state index < -0.39 is 0 Å². The van der Waals surface area contributed by atoms with E-state index in [4.69, 9.17) is 0 Å². The number of esters is 1. The van der Waals surface area contributed by atoms with Gasteiger partial charge >= 0.3 is 5.97 Å². The first-order chi connectivity index (χ1) is 6.81. The average molecular weight is 190 g/mol. The molecular formula is C10H10N2O2. The number of hydrogen-bond donors (Lipinski definition) is 2. The highest BCUT2D eigenvalue weighted by atomic mass is 16.5. The lowest BCUT2D eigenvalue weighted by Crippen LogP contribution is -1.98. The molecule has 0 saturated heterocycles. The number of carbonyl (C=O) groups excluding carboxylic acids is 1. The van der Waals surface area contributed by atoms with Crippen LogP contribution in [-0.4, -0.2) is 23.0 Å². The summed E-state index contributed by atoms with van der Waals surface area (Å²) in [5.74, 6) is -0.334. The van der Waals surface area contributed by atoms with E-state index in [1.165, 1.54) is 7.11 Å². The molecular weight excluding hydrogens is 180 g/mol. The van der Waals surface area contributed by atoms with Crippen molar-refractivity contribution in [3.05, 3.63) is 36.2 Å². The second-order valence-corrected chi connectivity index (χ2v) is 2.88. The van der Waals surface area contributed by atoms with Crippen LogP contribution in [0.3, 0.4) is 0 Å². The minimum atomic E-state index is -0.334. The summed E-state index contributed by atoms with van der Waals surface area (Å²) >= 11 is 0. The van der Waals surface area contributed by atoms with Crippen molar-refractivity contribution >= 4 is 5.97 Å². The monoisotopic (exact) mass is 190 g/mol. The molecule has 0 spiro atoms. The van der Waals surface area contributed by atoms with Crippen LogP contribution in [0.25, 0.3) is 11.4 Å². The molecule has 2 aromatic heterocycles. The van der Waals surface area contributed by atoms with Crippen LogP contribution in [0, 0.1) is 0 Å². The lowest BCUT2D eigenvalue weighted by Gasteiger charge is -1.92. The third kappa shape index (κ3) is 1.42. The molecule has 2 aromatic rings. The lowest BCUT2D eigenvalue weighted by atomic mass is 10.2. The standard InChI is InChI=1S/C10H10N2O2/c1-14-10(13)7-5-9(12-6-7)8-3-2-4-11-8/h2-6,11-12H,1H3. The number of nitrogens with one attached hydrogen (secondary N) is 2. The third-order valence-corrected chi connectivity index (χ3v) is 1.99. The van der Waals surface area contributed by atoms with E-state index in [0.717, 1.165) is 11.4 Å². The Labute approximate surface area is 80.9 Å². The van der Waals surface area contributed by atoms with Crippen molar-refractivity contribution in [2.75, 3.05) is 7.11 Å². The smallest absolute Gasteiger partial charge is 0.339 e. The molecule has 2 heterocycles. The van der Waals surface area contributed by atoms with Crippen LogP contribution < -0.4 is 0 Å². The van der Waals surface area contributed by atoms with Crippen molar-refractivity contribution in [2.45, 2.75) is 0 Å². The van der Waals surface area contributed by atoms with Crippen LogP contribution in [0.4, 0.5) is 0 Å². The molecule has 0 radical (unpaired) electrons. The molecule has 0 bridgehead atoms. The minimum Gasteiger partial charge on any atom is -0.465 e. The summed E-state index contributed by atoms with van der Waals surface area (Å²) in [7, 11) is 1.36. The predicted molar refractivity (Wildman–Crippen MR) is 51.9 cm³/mol. The summed E-state index contributed by atoms with van der Waals surface area (Å²) in [6.45, 7) is 0. The van der Waals surface area contributed by atoms with E-state index >= 15 is 0 Å². The molecule has 0 aliphatic carbocycles. The maximum absolute atomic E-state index is 11.1. The number of methoxy groups -OCH3 is 1. The molecule has 0 aromatic carbocycles. The summed E-state index contributed by atoms with van der Waals surface area (Å²) in [6.07, 6.45) is 3.45. The van der Waals surface area contributed by atoms with Gasteiger partial charge in [-0.2, -0.15) is 0 Å². The molecule has 0 aliphatic rings. The van der Waals surface area contributed by atoms with Gasteiger partial charge in [0.2, 0.25) is 0 Å². The number of carbonyl (C=O) groups is 1. The van der Waals surface area contributed by atoms with Crippen LogP contribution in [0.5, 0.6) is 0 Å². The zero-order chi connectivity index (χ0) is 9.97. The molecule has 0 atom stereocenters. The predicted octanol–water partition coefficient (Wildman–Crippen LogP) is 1.80. The Morgan fingerprint density at radius 1 is 1.36 bits per heavy atom. The Morgan fingerprint density at radius 2 is 2.21 bits per heavy atom. The summed E-state index contributed by atoms with van der Waals surface area (Å²) in [5.41, 5.74) is 2.34. The van der Waals surface area contributed by atoms with Gasteiger partial charge in [-0.05, 0) is 18.2 Å². The van der Waals surface area contributed by atoms with Crippen molar-refractivity contribution in [2.24, 2.45) is 0 Å². The highest BCUT2D eigenvalue weighted by molar-refractivity contribution is 5.90. The maximum atomic E-state index is 11.1. The van der Waals surface area contributed by atoms with E-state index in [-0.39, 0.29) is 5.97 Å². The lowest BCUT2D eigenvalue weighted by molar-refractivity contribution is 0.0601. The van der Waals surface area contributed by atoms with E-state index in [9.17, 15) is 4.79 Å². The van der Waals surface area contributed by atoms with Crippen LogP contribution in [-0.2, 0) is 4.74 Å². The van der Waals surface area contributed by atoms with Gasteiger partial charge < -0.3 is 14.7 Å². The van der Waals surface area contributed by atoms with Crippen LogP contribution in [0.15, 0.2) is 30.6 Å². The number of rotatable bonds is 2. The van der Waals surface area contributed by atoms with Gasteiger partial charge in [-0.3, -0.25) is 0 Å². The van der Waals surface area contributed by atoms with Gasteiger partial charge in [0, 0.05) is 12.4 Å². The van der Waals surface area contributed by atoms with Crippen molar-refractivity contribution in [3.8, 4) is 11.4 Å². The van der Waals surface area contributed by atoms with Crippen LogP contribution >= 0.6 is 0 Å². The molecule has 14 heavy (non-hydrogen) atoms. The summed E-state index contributed by atoms with van der Waals surface area (Å²) in [5, 5.41) is 0. The molecule has 0 aliphatic heterocycles. The highest BCUT2D eigenvalue weighted by Crippen LogP contribution is 2.16.